The number of rotatable bonds is 4. The van der Waals surface area contributed by atoms with Crippen LogP contribution in [-0.4, -0.2) is 47.2 Å². The fourth-order valence-electron chi connectivity index (χ4n) is 0.936. The third kappa shape index (κ3) is 2.90. The monoisotopic (exact) mass is 295 g/mol. The molecule has 106 valence electrons. The third-order valence-electron chi connectivity index (χ3n) is 2.57. The van der Waals surface area contributed by atoms with Crippen LogP contribution in [0.15, 0.2) is 0 Å². The van der Waals surface area contributed by atoms with Crippen LogP contribution in [0.2, 0.25) is 0 Å². The van der Waals surface area contributed by atoms with Crippen molar-refractivity contribution < 1.29 is 31.5 Å². The highest BCUT2D eigenvalue weighted by Gasteiger charge is 2.65. The molecule has 0 heterocycles. The molecule has 0 bridgehead atoms. The summed E-state index contributed by atoms with van der Waals surface area (Å²) in [5.41, 5.74) is -1.85. The fourth-order valence-corrected chi connectivity index (χ4v) is 1.26. The molecule has 0 aromatic heterocycles. The summed E-state index contributed by atoms with van der Waals surface area (Å²) in [5, 5.41) is 0. The Morgan fingerprint density at radius 2 is 1.50 bits per heavy atom. The largest absolute Gasteiger partial charge is 0.463 e. The number of Topliss-reactive ketones (excluding diaryl/α,β-unsaturated/α-hetero) is 1. The first-order valence-corrected chi connectivity index (χ1v) is 5.15. The first-order chi connectivity index (χ1) is 7.80. The van der Waals surface area contributed by atoms with E-state index in [1.54, 1.807) is 0 Å². The van der Waals surface area contributed by atoms with Gasteiger partial charge in [0.05, 0.1) is 11.4 Å². The van der Waals surface area contributed by atoms with E-state index in [-0.39, 0.29) is 4.90 Å². The summed E-state index contributed by atoms with van der Waals surface area (Å²) < 4.78 is 61.6. The van der Waals surface area contributed by atoms with Crippen molar-refractivity contribution in [1.82, 2.24) is 4.90 Å². The van der Waals surface area contributed by atoms with Gasteiger partial charge in [-0.1, -0.05) is 0 Å². The highest BCUT2D eigenvalue weighted by atomic mass is 35.5. The van der Waals surface area contributed by atoms with E-state index in [0.717, 1.165) is 13.8 Å². The zero-order valence-electron chi connectivity index (χ0n) is 9.74. The number of nitrogens with zero attached hydrogens (tertiary/aromatic N) is 1. The molecular formula is C9H11ClF5NO2. The van der Waals surface area contributed by atoms with Crippen LogP contribution in [0.1, 0.15) is 13.8 Å². The predicted molar refractivity (Wildman–Crippen MR) is 53.6 cm³/mol. The number of ketones is 1. The van der Waals surface area contributed by atoms with Crippen LogP contribution in [0.5, 0.6) is 0 Å². The van der Waals surface area contributed by atoms with Gasteiger partial charge in [0.2, 0.25) is 0 Å². The van der Waals surface area contributed by atoms with E-state index in [2.05, 4.69) is 0 Å². The molecule has 3 nitrogen and oxygen atoms in total. The Morgan fingerprint density at radius 3 is 1.78 bits per heavy atom. The minimum atomic E-state index is -6.02. The SMILES string of the molecule is CN(C(=O)C(F)(F)C(F)(F)F)C(C)(C)C(=O)CCl. The molecule has 0 saturated carbocycles. The molecule has 0 saturated heterocycles. The quantitative estimate of drug-likeness (QED) is 0.589. The first-order valence-electron chi connectivity index (χ1n) is 4.62. The molecule has 0 aliphatic carbocycles. The van der Waals surface area contributed by atoms with Gasteiger partial charge in [-0.05, 0) is 13.8 Å². The number of likely N-dealkylation sites (N-methyl/N-ethyl adjacent to an activating group) is 1. The highest BCUT2D eigenvalue weighted by molar-refractivity contribution is 6.29. The number of carbonyl (C=O) groups excluding carboxylic acids is 2. The number of carbonyl (C=O) groups is 2. The van der Waals surface area contributed by atoms with Gasteiger partial charge in [0.25, 0.3) is 0 Å². The smallest absolute Gasteiger partial charge is 0.328 e. The lowest BCUT2D eigenvalue weighted by Crippen LogP contribution is -2.59. The molecule has 0 atom stereocenters. The van der Waals surface area contributed by atoms with E-state index >= 15 is 0 Å². The maximum absolute atomic E-state index is 12.8. The minimum Gasteiger partial charge on any atom is -0.328 e. The van der Waals surface area contributed by atoms with E-state index < -0.39 is 35.2 Å². The number of amides is 1. The second-order valence-electron chi connectivity index (χ2n) is 4.05. The van der Waals surface area contributed by atoms with Gasteiger partial charge in [0, 0.05) is 7.05 Å². The summed E-state index contributed by atoms with van der Waals surface area (Å²) in [6.07, 6.45) is -6.02. The lowest BCUT2D eigenvalue weighted by atomic mass is 9.97. The molecule has 0 rings (SSSR count). The molecule has 0 radical (unpaired) electrons. The molecule has 0 aliphatic heterocycles. The number of halogens is 6. The molecule has 0 aromatic rings. The van der Waals surface area contributed by atoms with Crippen molar-refractivity contribution in [2.24, 2.45) is 0 Å². The first kappa shape index (κ1) is 17.1. The lowest BCUT2D eigenvalue weighted by Gasteiger charge is -2.36. The summed E-state index contributed by atoms with van der Waals surface area (Å²) in [6.45, 7) is 2.06. The molecule has 9 heteroatoms. The van der Waals surface area contributed by atoms with Crippen LogP contribution >= 0.6 is 11.6 Å². The average Bonchev–Trinajstić information content (AvgIpc) is 2.23. The zero-order chi connectivity index (χ0) is 14.9. The summed E-state index contributed by atoms with van der Waals surface area (Å²) >= 11 is 5.19. The van der Waals surface area contributed by atoms with E-state index in [4.69, 9.17) is 11.6 Å². The molecule has 0 aromatic carbocycles. The van der Waals surface area contributed by atoms with Gasteiger partial charge >= 0.3 is 18.0 Å². The summed E-state index contributed by atoms with van der Waals surface area (Å²) in [7, 11) is 0.687. The van der Waals surface area contributed by atoms with Gasteiger partial charge < -0.3 is 4.90 Å². The lowest BCUT2D eigenvalue weighted by molar-refractivity contribution is -0.275. The van der Waals surface area contributed by atoms with Crippen molar-refractivity contribution in [3.63, 3.8) is 0 Å². The fraction of sp³-hybridized carbons (Fsp3) is 0.778. The van der Waals surface area contributed by atoms with E-state index in [9.17, 15) is 31.5 Å². The Hall–Kier alpha value is -0.920. The third-order valence-corrected chi connectivity index (χ3v) is 2.81. The predicted octanol–water partition coefficient (Wildman–Crippen LogP) is 2.23. The highest BCUT2D eigenvalue weighted by Crippen LogP contribution is 2.37. The summed E-state index contributed by atoms with van der Waals surface area (Å²) in [6, 6.07) is 0. The van der Waals surface area contributed by atoms with Gasteiger partial charge in [-0.15, -0.1) is 11.6 Å². The molecule has 1 amide bonds. The Balaban J connectivity index is 5.31. The minimum absolute atomic E-state index is 0.0468. The molecule has 0 spiro atoms. The Labute approximate surface area is 105 Å². The molecule has 0 fully saturated rings. The number of hydrogen-bond donors (Lipinski definition) is 0. The van der Waals surface area contributed by atoms with E-state index in [0.29, 0.717) is 7.05 Å². The van der Waals surface area contributed by atoms with Crippen LogP contribution < -0.4 is 0 Å². The Bertz CT molecular complexity index is 353. The standard InChI is InChI=1S/C9H11ClF5NO2/c1-7(2,5(17)4-10)16(3)6(18)8(11,12)9(13,14)15/h4H2,1-3H3. The van der Waals surface area contributed by atoms with E-state index in [1.807, 2.05) is 0 Å². The average molecular weight is 296 g/mol. The van der Waals surface area contributed by atoms with Crippen LogP contribution in [0.3, 0.4) is 0 Å². The van der Waals surface area contributed by atoms with Crippen LogP contribution in [-0.2, 0) is 9.59 Å². The maximum Gasteiger partial charge on any atom is 0.463 e. The van der Waals surface area contributed by atoms with Crippen LogP contribution in [0.25, 0.3) is 0 Å². The molecule has 18 heavy (non-hydrogen) atoms. The molecular weight excluding hydrogens is 285 g/mol. The van der Waals surface area contributed by atoms with Crippen LogP contribution in [0.4, 0.5) is 22.0 Å². The van der Waals surface area contributed by atoms with Crippen molar-refractivity contribution in [3.05, 3.63) is 0 Å². The van der Waals surface area contributed by atoms with Crippen molar-refractivity contribution in [1.29, 1.82) is 0 Å². The zero-order valence-corrected chi connectivity index (χ0v) is 10.5. The molecule has 0 N–H and O–H groups in total. The van der Waals surface area contributed by atoms with Crippen molar-refractivity contribution in [2.75, 3.05) is 12.9 Å². The Morgan fingerprint density at radius 1 is 1.11 bits per heavy atom. The topological polar surface area (TPSA) is 37.4 Å². The van der Waals surface area contributed by atoms with Gasteiger partial charge in [0.15, 0.2) is 5.78 Å². The number of alkyl halides is 6. The molecule has 0 unspecified atom stereocenters. The number of hydrogen-bond acceptors (Lipinski definition) is 2. The normalized spacial score (nSPS) is 13.4. The van der Waals surface area contributed by atoms with Gasteiger partial charge in [-0.25, -0.2) is 0 Å². The Kier molecular flexibility index (Phi) is 4.73. The van der Waals surface area contributed by atoms with Crippen LogP contribution in [0, 0.1) is 0 Å². The van der Waals surface area contributed by atoms with Crippen molar-refractivity contribution in [3.8, 4) is 0 Å². The van der Waals surface area contributed by atoms with Crippen molar-refractivity contribution >= 4 is 23.3 Å². The second-order valence-corrected chi connectivity index (χ2v) is 4.32. The summed E-state index contributed by atoms with van der Waals surface area (Å²) in [5.74, 6) is -9.51. The summed E-state index contributed by atoms with van der Waals surface area (Å²) in [4.78, 5) is 22.5. The van der Waals surface area contributed by atoms with Gasteiger partial charge in [-0.2, -0.15) is 22.0 Å². The van der Waals surface area contributed by atoms with E-state index in [1.165, 1.54) is 0 Å². The molecule has 0 aliphatic rings. The van der Waals surface area contributed by atoms with Gasteiger partial charge in [-0.3, -0.25) is 9.59 Å². The van der Waals surface area contributed by atoms with Crippen molar-refractivity contribution in [2.45, 2.75) is 31.5 Å². The maximum atomic E-state index is 12.8. The van der Waals surface area contributed by atoms with Gasteiger partial charge in [0.1, 0.15) is 0 Å². The second kappa shape index (κ2) is 4.99.